The number of hydrogen-bond donors (Lipinski definition) is 3. The standard InChI is InChI=1S/C25H24N2O6/c1-15(22-11-6-12-32-22)26-24(30)21(13-23(28)29)27-25(31)33-14-20-18-9-4-2-7-16(18)17-8-3-5-10-19(17)20/h2-12,15,20-21H,13-14H2,1H3,(H,26,30)(H,27,31)(H,28,29)/t15-,21?/m0/s1. The molecule has 1 aliphatic carbocycles. The maximum atomic E-state index is 12.6. The smallest absolute Gasteiger partial charge is 0.407 e. The van der Waals surface area contributed by atoms with Gasteiger partial charge < -0.3 is 24.9 Å². The summed E-state index contributed by atoms with van der Waals surface area (Å²) in [6, 6.07) is 17.4. The molecule has 0 saturated heterocycles. The van der Waals surface area contributed by atoms with Crippen molar-refractivity contribution in [2.45, 2.75) is 31.3 Å². The molecule has 33 heavy (non-hydrogen) atoms. The van der Waals surface area contributed by atoms with E-state index in [1.165, 1.54) is 6.26 Å². The van der Waals surface area contributed by atoms with Crippen LogP contribution in [0, 0.1) is 0 Å². The molecule has 1 heterocycles. The van der Waals surface area contributed by atoms with Gasteiger partial charge in [-0.15, -0.1) is 0 Å². The van der Waals surface area contributed by atoms with Crippen LogP contribution in [0.25, 0.3) is 11.1 Å². The summed E-state index contributed by atoms with van der Waals surface area (Å²) in [6.07, 6.45) is 0.0339. The van der Waals surface area contributed by atoms with Crippen LogP contribution in [0.4, 0.5) is 4.79 Å². The number of aliphatic carboxylic acids is 1. The van der Waals surface area contributed by atoms with Crippen molar-refractivity contribution in [3.8, 4) is 11.1 Å². The molecule has 0 saturated carbocycles. The maximum absolute atomic E-state index is 12.6. The highest BCUT2D eigenvalue weighted by molar-refractivity contribution is 5.89. The fourth-order valence-electron chi connectivity index (χ4n) is 4.09. The molecule has 2 atom stereocenters. The van der Waals surface area contributed by atoms with E-state index in [9.17, 15) is 19.5 Å². The Labute approximate surface area is 190 Å². The third kappa shape index (κ3) is 4.90. The number of amides is 2. The number of fused-ring (bicyclic) bond motifs is 3. The van der Waals surface area contributed by atoms with E-state index in [2.05, 4.69) is 10.6 Å². The van der Waals surface area contributed by atoms with E-state index in [-0.39, 0.29) is 12.5 Å². The quantitative estimate of drug-likeness (QED) is 0.482. The summed E-state index contributed by atoms with van der Waals surface area (Å²) in [5.74, 6) is -1.50. The zero-order chi connectivity index (χ0) is 23.4. The zero-order valence-corrected chi connectivity index (χ0v) is 18.0. The van der Waals surface area contributed by atoms with Crippen LogP contribution >= 0.6 is 0 Å². The molecule has 4 rings (SSSR count). The van der Waals surface area contributed by atoms with Crippen molar-refractivity contribution in [1.82, 2.24) is 10.6 Å². The van der Waals surface area contributed by atoms with E-state index in [1.54, 1.807) is 19.1 Å². The van der Waals surface area contributed by atoms with Crippen LogP contribution in [-0.2, 0) is 14.3 Å². The van der Waals surface area contributed by atoms with Crippen molar-refractivity contribution in [3.63, 3.8) is 0 Å². The summed E-state index contributed by atoms with van der Waals surface area (Å²) in [4.78, 5) is 36.4. The molecule has 2 aromatic carbocycles. The van der Waals surface area contributed by atoms with Crippen LogP contribution in [0.15, 0.2) is 71.3 Å². The second-order valence-electron chi connectivity index (χ2n) is 7.87. The third-order valence-electron chi connectivity index (χ3n) is 5.66. The van der Waals surface area contributed by atoms with Crippen molar-refractivity contribution < 1.29 is 28.6 Å². The number of carbonyl (C=O) groups is 3. The number of ether oxygens (including phenoxy) is 1. The van der Waals surface area contributed by atoms with Crippen molar-refractivity contribution in [3.05, 3.63) is 83.8 Å². The maximum Gasteiger partial charge on any atom is 0.407 e. The largest absolute Gasteiger partial charge is 0.481 e. The summed E-state index contributed by atoms with van der Waals surface area (Å²) >= 11 is 0. The van der Waals surface area contributed by atoms with E-state index in [0.29, 0.717) is 5.76 Å². The Morgan fingerprint density at radius 2 is 1.61 bits per heavy atom. The number of rotatable bonds is 8. The van der Waals surface area contributed by atoms with Crippen LogP contribution in [0.5, 0.6) is 0 Å². The van der Waals surface area contributed by atoms with Crippen LogP contribution < -0.4 is 10.6 Å². The molecule has 170 valence electrons. The number of alkyl carbamates (subject to hydrolysis) is 1. The summed E-state index contributed by atoms with van der Waals surface area (Å²) < 4.78 is 10.7. The topological polar surface area (TPSA) is 118 Å². The lowest BCUT2D eigenvalue weighted by Gasteiger charge is -2.20. The molecule has 1 aromatic heterocycles. The predicted molar refractivity (Wildman–Crippen MR) is 120 cm³/mol. The van der Waals surface area contributed by atoms with Gasteiger partial charge >= 0.3 is 12.1 Å². The van der Waals surface area contributed by atoms with Crippen LogP contribution in [-0.4, -0.2) is 35.7 Å². The van der Waals surface area contributed by atoms with Gasteiger partial charge in [-0.3, -0.25) is 9.59 Å². The molecular weight excluding hydrogens is 424 g/mol. The minimum Gasteiger partial charge on any atom is -0.481 e. The van der Waals surface area contributed by atoms with Gasteiger partial charge in [-0.1, -0.05) is 48.5 Å². The fourth-order valence-corrected chi connectivity index (χ4v) is 4.09. The van der Waals surface area contributed by atoms with Crippen LogP contribution in [0.2, 0.25) is 0 Å². The zero-order valence-electron chi connectivity index (χ0n) is 18.0. The number of furan rings is 1. The molecule has 3 N–H and O–H groups in total. The van der Waals surface area contributed by atoms with Crippen LogP contribution in [0.1, 0.15) is 42.2 Å². The normalized spacial score (nSPS) is 14.0. The lowest BCUT2D eigenvalue weighted by atomic mass is 9.98. The molecule has 1 unspecified atom stereocenters. The number of nitrogens with one attached hydrogen (secondary N) is 2. The summed E-state index contributed by atoms with van der Waals surface area (Å²) in [7, 11) is 0. The molecule has 3 aromatic rings. The summed E-state index contributed by atoms with van der Waals surface area (Å²) in [5.41, 5.74) is 4.30. The number of benzene rings is 2. The Balaban J connectivity index is 1.41. The molecule has 0 fully saturated rings. The first-order valence-electron chi connectivity index (χ1n) is 10.6. The van der Waals surface area contributed by atoms with Gasteiger partial charge in [0.15, 0.2) is 0 Å². The third-order valence-corrected chi connectivity index (χ3v) is 5.66. The van der Waals surface area contributed by atoms with Gasteiger partial charge in [0.2, 0.25) is 5.91 Å². The molecular formula is C25H24N2O6. The van der Waals surface area contributed by atoms with E-state index in [4.69, 9.17) is 9.15 Å². The Morgan fingerprint density at radius 1 is 0.970 bits per heavy atom. The highest BCUT2D eigenvalue weighted by Crippen LogP contribution is 2.44. The Kier molecular flexibility index (Phi) is 6.44. The van der Waals surface area contributed by atoms with Gasteiger partial charge in [0, 0.05) is 5.92 Å². The predicted octanol–water partition coefficient (Wildman–Crippen LogP) is 3.84. The fraction of sp³-hybridized carbons (Fsp3) is 0.240. The van der Waals surface area contributed by atoms with Crippen molar-refractivity contribution >= 4 is 18.0 Å². The van der Waals surface area contributed by atoms with E-state index in [1.807, 2.05) is 48.5 Å². The van der Waals surface area contributed by atoms with Gasteiger partial charge in [-0.05, 0) is 41.3 Å². The molecule has 0 spiro atoms. The van der Waals surface area contributed by atoms with Crippen molar-refractivity contribution in [1.29, 1.82) is 0 Å². The molecule has 8 heteroatoms. The first-order valence-corrected chi connectivity index (χ1v) is 10.6. The first kappa shape index (κ1) is 22.1. The molecule has 1 aliphatic rings. The van der Waals surface area contributed by atoms with Gasteiger partial charge in [0.05, 0.1) is 18.7 Å². The lowest BCUT2D eigenvalue weighted by Crippen LogP contribution is -2.48. The minimum absolute atomic E-state index is 0.0596. The van der Waals surface area contributed by atoms with Gasteiger partial charge in [-0.2, -0.15) is 0 Å². The van der Waals surface area contributed by atoms with E-state index >= 15 is 0 Å². The average molecular weight is 448 g/mol. The number of carboxylic acid groups (broad SMARTS) is 1. The minimum atomic E-state index is -1.30. The van der Waals surface area contributed by atoms with Crippen molar-refractivity contribution in [2.24, 2.45) is 0 Å². The summed E-state index contributed by atoms with van der Waals surface area (Å²) in [5, 5.41) is 14.2. The summed E-state index contributed by atoms with van der Waals surface area (Å²) in [6.45, 7) is 1.76. The van der Waals surface area contributed by atoms with Crippen molar-refractivity contribution in [2.75, 3.05) is 6.61 Å². The molecule has 2 amide bonds. The average Bonchev–Trinajstić information content (AvgIpc) is 3.44. The molecule has 0 bridgehead atoms. The highest BCUT2D eigenvalue weighted by atomic mass is 16.5. The van der Waals surface area contributed by atoms with Gasteiger partial charge in [-0.25, -0.2) is 4.79 Å². The number of carbonyl (C=O) groups excluding carboxylic acids is 2. The Hall–Kier alpha value is -4.07. The number of hydrogen-bond acceptors (Lipinski definition) is 5. The lowest BCUT2D eigenvalue weighted by molar-refractivity contribution is -0.140. The number of carboxylic acids is 1. The van der Waals surface area contributed by atoms with E-state index in [0.717, 1.165) is 22.3 Å². The second-order valence-corrected chi connectivity index (χ2v) is 7.87. The molecule has 0 radical (unpaired) electrons. The first-order chi connectivity index (χ1) is 15.9. The highest BCUT2D eigenvalue weighted by Gasteiger charge is 2.30. The monoisotopic (exact) mass is 448 g/mol. The second kappa shape index (κ2) is 9.60. The van der Waals surface area contributed by atoms with E-state index < -0.39 is 36.5 Å². The molecule has 8 nitrogen and oxygen atoms in total. The Bertz CT molecular complexity index is 1110. The SMILES string of the molecule is C[C@H](NC(=O)C(CC(=O)O)NC(=O)OCC1c2ccccc2-c2ccccc21)c1ccco1. The van der Waals surface area contributed by atoms with Gasteiger partial charge in [0.1, 0.15) is 18.4 Å². The molecule has 0 aliphatic heterocycles. The Morgan fingerprint density at radius 3 is 2.18 bits per heavy atom. The van der Waals surface area contributed by atoms with Crippen LogP contribution in [0.3, 0.4) is 0 Å². The van der Waals surface area contributed by atoms with Gasteiger partial charge in [0.25, 0.3) is 0 Å².